The molecule has 2 N–H and O–H groups in total. The first-order valence-electron chi connectivity index (χ1n) is 7.88. The van der Waals surface area contributed by atoms with Gasteiger partial charge in [-0.2, -0.15) is 0 Å². The molecule has 1 heterocycles. The highest BCUT2D eigenvalue weighted by atomic mass is 127. The Labute approximate surface area is 158 Å². The van der Waals surface area contributed by atoms with Crippen LogP contribution in [0.5, 0.6) is 0 Å². The van der Waals surface area contributed by atoms with Crippen molar-refractivity contribution in [2.75, 3.05) is 19.9 Å². The van der Waals surface area contributed by atoms with Gasteiger partial charge < -0.3 is 24.6 Å². The minimum Gasteiger partial charge on any atom is -0.456 e. The van der Waals surface area contributed by atoms with Crippen LogP contribution in [-0.4, -0.2) is 55.2 Å². The standard InChI is InChI=1S/C17H18INO6/c18-12-3-1-10(2-4-12)17(22)25-14-8-11(16(21)19-5-6-20)7-13-15(14)24-9-23-13/h1-4,7,13-15,20H,5-6,8-9H2,(H,19,21). The van der Waals surface area contributed by atoms with E-state index in [-0.39, 0.29) is 32.3 Å². The van der Waals surface area contributed by atoms with E-state index in [4.69, 9.17) is 19.3 Å². The van der Waals surface area contributed by atoms with Gasteiger partial charge in [0, 0.05) is 22.1 Å². The molecular formula is C17H18INO6. The molecule has 1 amide bonds. The van der Waals surface area contributed by atoms with E-state index in [0.29, 0.717) is 11.1 Å². The van der Waals surface area contributed by atoms with E-state index < -0.39 is 24.3 Å². The zero-order chi connectivity index (χ0) is 17.8. The molecule has 0 aromatic heterocycles. The number of nitrogens with one attached hydrogen (secondary N) is 1. The zero-order valence-electron chi connectivity index (χ0n) is 13.3. The SMILES string of the molecule is O=C(NCCO)C1=CC2OCOC2C(OC(=O)c2ccc(I)cc2)C1. The lowest BCUT2D eigenvalue weighted by molar-refractivity contribution is -0.118. The maximum Gasteiger partial charge on any atom is 0.338 e. The number of esters is 1. The van der Waals surface area contributed by atoms with E-state index in [1.807, 2.05) is 12.1 Å². The second kappa shape index (κ2) is 8.26. The van der Waals surface area contributed by atoms with Crippen LogP contribution in [-0.2, 0) is 19.0 Å². The summed E-state index contributed by atoms with van der Waals surface area (Å²) in [7, 11) is 0. The Hall–Kier alpha value is -1.49. The van der Waals surface area contributed by atoms with Gasteiger partial charge in [0.05, 0.1) is 12.2 Å². The van der Waals surface area contributed by atoms with Crippen LogP contribution in [0.25, 0.3) is 0 Å². The fraction of sp³-hybridized carbons (Fsp3) is 0.412. The van der Waals surface area contributed by atoms with Crippen molar-refractivity contribution in [2.45, 2.75) is 24.7 Å². The van der Waals surface area contributed by atoms with Crippen molar-refractivity contribution in [1.82, 2.24) is 5.32 Å². The number of aliphatic hydroxyl groups is 1. The normalized spacial score (nSPS) is 25.0. The number of benzene rings is 1. The van der Waals surface area contributed by atoms with Crippen LogP contribution in [0.3, 0.4) is 0 Å². The van der Waals surface area contributed by atoms with Crippen molar-refractivity contribution in [2.24, 2.45) is 0 Å². The lowest BCUT2D eigenvalue weighted by Crippen LogP contribution is -2.43. The topological polar surface area (TPSA) is 94.1 Å². The second-order valence-corrected chi connectivity index (χ2v) is 6.95. The molecule has 1 aliphatic carbocycles. The van der Waals surface area contributed by atoms with E-state index in [2.05, 4.69) is 27.9 Å². The number of carbonyl (C=O) groups is 2. The predicted molar refractivity (Wildman–Crippen MR) is 95.8 cm³/mol. The molecule has 1 saturated heterocycles. The smallest absolute Gasteiger partial charge is 0.338 e. The molecule has 1 aromatic rings. The molecule has 1 aromatic carbocycles. The van der Waals surface area contributed by atoms with Crippen LogP contribution in [0.2, 0.25) is 0 Å². The first kappa shape index (κ1) is 18.3. The van der Waals surface area contributed by atoms with E-state index in [9.17, 15) is 9.59 Å². The van der Waals surface area contributed by atoms with Crippen molar-refractivity contribution in [3.05, 3.63) is 45.0 Å². The van der Waals surface area contributed by atoms with E-state index >= 15 is 0 Å². The Bertz CT molecular complexity index is 674. The van der Waals surface area contributed by atoms with E-state index in [0.717, 1.165) is 3.57 Å². The molecule has 1 fully saturated rings. The lowest BCUT2D eigenvalue weighted by Gasteiger charge is -2.30. The largest absolute Gasteiger partial charge is 0.456 e. The second-order valence-electron chi connectivity index (χ2n) is 5.71. The number of fused-ring (bicyclic) bond motifs is 1. The summed E-state index contributed by atoms with van der Waals surface area (Å²) in [6.45, 7) is 0.111. The molecule has 0 spiro atoms. The van der Waals surface area contributed by atoms with Crippen molar-refractivity contribution in [1.29, 1.82) is 0 Å². The van der Waals surface area contributed by atoms with E-state index in [1.165, 1.54) is 0 Å². The van der Waals surface area contributed by atoms with Crippen molar-refractivity contribution < 1.29 is 28.9 Å². The number of rotatable bonds is 5. The third-order valence-electron chi connectivity index (χ3n) is 4.03. The Morgan fingerprint density at radius 2 is 2.04 bits per heavy atom. The number of aliphatic hydroxyl groups excluding tert-OH is 1. The van der Waals surface area contributed by atoms with Crippen molar-refractivity contribution in [3.63, 3.8) is 0 Å². The zero-order valence-corrected chi connectivity index (χ0v) is 15.5. The van der Waals surface area contributed by atoms with Gasteiger partial charge in [0.15, 0.2) is 0 Å². The Morgan fingerprint density at radius 3 is 2.76 bits per heavy atom. The third kappa shape index (κ3) is 4.38. The Morgan fingerprint density at radius 1 is 1.28 bits per heavy atom. The fourth-order valence-corrected chi connectivity index (χ4v) is 3.16. The summed E-state index contributed by atoms with van der Waals surface area (Å²) in [5.41, 5.74) is 0.900. The van der Waals surface area contributed by atoms with Gasteiger partial charge in [0.25, 0.3) is 0 Å². The summed E-state index contributed by atoms with van der Waals surface area (Å²) >= 11 is 2.16. The molecule has 1 aliphatic heterocycles. The fourth-order valence-electron chi connectivity index (χ4n) is 2.80. The Balaban J connectivity index is 1.71. The molecule has 3 rings (SSSR count). The van der Waals surface area contributed by atoms with Crippen LogP contribution in [0.1, 0.15) is 16.8 Å². The summed E-state index contributed by atoms with van der Waals surface area (Å²) < 4.78 is 17.6. The molecule has 134 valence electrons. The Kier molecular flexibility index (Phi) is 6.05. The summed E-state index contributed by atoms with van der Waals surface area (Å²) in [6.07, 6.45) is 0.455. The maximum atomic E-state index is 12.4. The van der Waals surface area contributed by atoms with Gasteiger partial charge in [0.2, 0.25) is 5.91 Å². The number of halogens is 1. The summed E-state index contributed by atoms with van der Waals surface area (Å²) in [4.78, 5) is 24.5. The van der Waals surface area contributed by atoms with Crippen molar-refractivity contribution >= 4 is 34.5 Å². The predicted octanol–water partition coefficient (Wildman–Crippen LogP) is 0.997. The van der Waals surface area contributed by atoms with Crippen LogP contribution in [0.15, 0.2) is 35.9 Å². The molecule has 7 nitrogen and oxygen atoms in total. The minimum absolute atomic E-state index is 0.0922. The molecule has 8 heteroatoms. The first-order chi connectivity index (χ1) is 12.1. The van der Waals surface area contributed by atoms with Gasteiger partial charge in [-0.05, 0) is 52.9 Å². The quantitative estimate of drug-likeness (QED) is 0.504. The molecule has 0 bridgehead atoms. The molecule has 3 unspecified atom stereocenters. The molecular weight excluding hydrogens is 441 g/mol. The number of ether oxygens (including phenoxy) is 3. The van der Waals surface area contributed by atoms with Gasteiger partial charge in [-0.15, -0.1) is 0 Å². The highest BCUT2D eigenvalue weighted by Gasteiger charge is 2.42. The van der Waals surface area contributed by atoms with Gasteiger partial charge in [-0.1, -0.05) is 0 Å². The highest BCUT2D eigenvalue weighted by molar-refractivity contribution is 14.1. The van der Waals surface area contributed by atoms with E-state index in [1.54, 1.807) is 18.2 Å². The molecule has 0 saturated carbocycles. The number of hydrogen-bond acceptors (Lipinski definition) is 6. The van der Waals surface area contributed by atoms with Gasteiger partial charge in [0.1, 0.15) is 25.1 Å². The number of carbonyl (C=O) groups excluding carboxylic acids is 2. The summed E-state index contributed by atoms with van der Waals surface area (Å²) in [5.74, 6) is -0.772. The molecule has 2 aliphatic rings. The molecule has 3 atom stereocenters. The highest BCUT2D eigenvalue weighted by Crippen LogP contribution is 2.30. The molecule has 0 radical (unpaired) electrons. The average molecular weight is 459 g/mol. The van der Waals surface area contributed by atoms with Gasteiger partial charge in [-0.25, -0.2) is 4.79 Å². The van der Waals surface area contributed by atoms with Crippen LogP contribution in [0, 0.1) is 3.57 Å². The number of amides is 1. The maximum absolute atomic E-state index is 12.4. The lowest BCUT2D eigenvalue weighted by atomic mass is 9.91. The molecule has 25 heavy (non-hydrogen) atoms. The number of hydrogen-bond donors (Lipinski definition) is 2. The van der Waals surface area contributed by atoms with Crippen LogP contribution >= 0.6 is 22.6 Å². The van der Waals surface area contributed by atoms with Crippen LogP contribution < -0.4 is 5.32 Å². The van der Waals surface area contributed by atoms with Crippen LogP contribution in [0.4, 0.5) is 0 Å². The minimum atomic E-state index is -0.612. The summed E-state index contributed by atoms with van der Waals surface area (Å²) in [6, 6.07) is 7.04. The monoisotopic (exact) mass is 459 g/mol. The first-order valence-corrected chi connectivity index (χ1v) is 8.96. The summed E-state index contributed by atoms with van der Waals surface area (Å²) in [5, 5.41) is 11.4. The average Bonchev–Trinajstić information content (AvgIpc) is 3.09. The third-order valence-corrected chi connectivity index (χ3v) is 4.74. The van der Waals surface area contributed by atoms with Crippen molar-refractivity contribution in [3.8, 4) is 0 Å². The van der Waals surface area contributed by atoms with Gasteiger partial charge in [-0.3, -0.25) is 4.79 Å². The van der Waals surface area contributed by atoms with Gasteiger partial charge >= 0.3 is 5.97 Å².